The third kappa shape index (κ3) is 2.90. The van der Waals surface area contributed by atoms with Gasteiger partial charge in [0.2, 0.25) is 5.91 Å². The molecule has 4 saturated carbocycles. The molecule has 152 valence electrons. The Morgan fingerprint density at radius 2 is 1.79 bits per heavy atom. The summed E-state index contributed by atoms with van der Waals surface area (Å²) in [6, 6.07) is 11.6. The van der Waals surface area contributed by atoms with Crippen LogP contribution in [-0.2, 0) is 11.8 Å². The molecule has 0 aliphatic heterocycles. The highest BCUT2D eigenvalue weighted by Gasteiger charge is 2.58. The van der Waals surface area contributed by atoms with E-state index in [1.54, 1.807) is 0 Å². The molecule has 4 aliphatic carbocycles. The normalized spacial score (nSPS) is 32.3. The molecule has 6 rings (SSSR count). The zero-order chi connectivity index (χ0) is 20.3. The van der Waals surface area contributed by atoms with E-state index in [0.29, 0.717) is 28.5 Å². The molecule has 2 unspecified atom stereocenters. The van der Waals surface area contributed by atoms with Gasteiger partial charge in [-0.3, -0.25) is 9.59 Å². The van der Waals surface area contributed by atoms with E-state index in [1.807, 2.05) is 48.0 Å². The molecule has 1 aromatic heterocycles. The van der Waals surface area contributed by atoms with Gasteiger partial charge in [0.15, 0.2) is 0 Å². The second kappa shape index (κ2) is 6.63. The average Bonchev–Trinajstić information content (AvgIpc) is 3.05. The summed E-state index contributed by atoms with van der Waals surface area (Å²) in [5.41, 5.74) is 7.90. The first kappa shape index (κ1) is 18.7. The Balaban J connectivity index is 1.37. The van der Waals surface area contributed by atoms with Crippen molar-refractivity contribution in [1.29, 1.82) is 0 Å². The second-order valence-corrected chi connectivity index (χ2v) is 9.66. The van der Waals surface area contributed by atoms with Crippen LogP contribution in [0.2, 0.25) is 5.02 Å². The van der Waals surface area contributed by atoms with Crippen molar-refractivity contribution in [3.63, 3.8) is 0 Å². The Bertz CT molecular complexity index is 982. The number of nitrogens with one attached hydrogen (secondary N) is 1. The predicted molar refractivity (Wildman–Crippen MR) is 112 cm³/mol. The van der Waals surface area contributed by atoms with E-state index in [9.17, 15) is 9.59 Å². The van der Waals surface area contributed by atoms with Gasteiger partial charge in [-0.2, -0.15) is 0 Å². The Hall–Kier alpha value is -2.27. The first-order chi connectivity index (χ1) is 13.9. The highest BCUT2D eigenvalue weighted by atomic mass is 35.5. The number of hydrogen-bond acceptors (Lipinski definition) is 2. The van der Waals surface area contributed by atoms with Crippen molar-refractivity contribution in [2.75, 3.05) is 0 Å². The minimum atomic E-state index is -0.333. The van der Waals surface area contributed by atoms with E-state index in [1.165, 1.54) is 0 Å². The van der Waals surface area contributed by atoms with E-state index in [4.69, 9.17) is 17.3 Å². The highest BCUT2D eigenvalue weighted by molar-refractivity contribution is 6.33. The Labute approximate surface area is 175 Å². The quantitative estimate of drug-likeness (QED) is 0.803. The fourth-order valence-corrected chi connectivity index (χ4v) is 6.70. The summed E-state index contributed by atoms with van der Waals surface area (Å²) >= 11 is 6.34. The van der Waals surface area contributed by atoms with Gasteiger partial charge in [-0.1, -0.05) is 29.8 Å². The van der Waals surface area contributed by atoms with Crippen molar-refractivity contribution < 1.29 is 9.59 Å². The lowest BCUT2D eigenvalue weighted by Gasteiger charge is -2.58. The van der Waals surface area contributed by atoms with Gasteiger partial charge in [0.1, 0.15) is 5.69 Å². The molecule has 0 spiro atoms. The van der Waals surface area contributed by atoms with E-state index < -0.39 is 0 Å². The molecule has 3 N–H and O–H groups in total. The molecule has 0 saturated heterocycles. The molecule has 4 bridgehead atoms. The minimum absolute atomic E-state index is 0.0589. The summed E-state index contributed by atoms with van der Waals surface area (Å²) in [6.07, 6.45) is 4.76. The van der Waals surface area contributed by atoms with Gasteiger partial charge in [0, 0.05) is 34.8 Å². The summed E-state index contributed by atoms with van der Waals surface area (Å²) in [5, 5.41) is 3.98. The topological polar surface area (TPSA) is 77.1 Å². The first-order valence-electron chi connectivity index (χ1n) is 10.4. The molecule has 2 atom stereocenters. The number of hydrogen-bond donors (Lipinski definition) is 2. The van der Waals surface area contributed by atoms with Gasteiger partial charge in [-0.25, -0.2) is 0 Å². The maximum Gasteiger partial charge on any atom is 0.268 e. The lowest BCUT2D eigenvalue weighted by atomic mass is 9.47. The van der Waals surface area contributed by atoms with E-state index in [2.05, 4.69) is 5.32 Å². The van der Waals surface area contributed by atoms with Crippen molar-refractivity contribution in [2.24, 2.45) is 36.0 Å². The summed E-state index contributed by atoms with van der Waals surface area (Å²) < 4.78 is 1.90. The van der Waals surface area contributed by atoms with Crippen LogP contribution in [0.15, 0.2) is 36.4 Å². The number of nitrogens with two attached hydrogens (primary N) is 1. The molecule has 1 heterocycles. The van der Waals surface area contributed by atoms with Crippen LogP contribution >= 0.6 is 11.6 Å². The second-order valence-electron chi connectivity index (χ2n) is 9.26. The predicted octanol–water partition coefficient (Wildman–Crippen LogP) is 3.76. The summed E-state index contributed by atoms with van der Waals surface area (Å²) in [6.45, 7) is 0. The monoisotopic (exact) mass is 411 g/mol. The van der Waals surface area contributed by atoms with Crippen molar-refractivity contribution in [2.45, 2.75) is 38.1 Å². The maximum atomic E-state index is 13.1. The Morgan fingerprint density at radius 1 is 1.10 bits per heavy atom. The van der Waals surface area contributed by atoms with Gasteiger partial charge < -0.3 is 15.6 Å². The number of nitrogens with zero attached hydrogens (tertiary/aromatic N) is 1. The van der Waals surface area contributed by atoms with Crippen LogP contribution in [0, 0.1) is 23.2 Å². The number of amides is 2. The van der Waals surface area contributed by atoms with Crippen LogP contribution in [0.4, 0.5) is 0 Å². The number of halogens is 1. The van der Waals surface area contributed by atoms with Crippen molar-refractivity contribution in [3.8, 4) is 11.3 Å². The van der Waals surface area contributed by atoms with Crippen LogP contribution in [0.3, 0.4) is 0 Å². The molecule has 4 fully saturated rings. The third-order valence-electron chi connectivity index (χ3n) is 7.60. The number of rotatable bonds is 4. The van der Waals surface area contributed by atoms with Crippen molar-refractivity contribution in [3.05, 3.63) is 47.1 Å². The maximum absolute atomic E-state index is 13.1. The lowest BCUT2D eigenvalue weighted by Crippen LogP contribution is -2.62. The van der Waals surface area contributed by atoms with Gasteiger partial charge in [0.25, 0.3) is 5.91 Å². The fourth-order valence-electron chi connectivity index (χ4n) is 6.47. The Kier molecular flexibility index (Phi) is 4.28. The molecule has 6 heteroatoms. The number of benzene rings is 1. The molecule has 29 heavy (non-hydrogen) atoms. The van der Waals surface area contributed by atoms with Crippen LogP contribution in [-0.4, -0.2) is 22.4 Å². The number of carbonyl (C=O) groups is 2. The zero-order valence-electron chi connectivity index (χ0n) is 16.5. The fraction of sp³-hybridized carbons (Fsp3) is 0.478. The first-order valence-corrected chi connectivity index (χ1v) is 10.8. The van der Waals surface area contributed by atoms with Crippen LogP contribution < -0.4 is 11.1 Å². The SMILES string of the molecule is Cn1c(C(=O)NC2C3CC4CC2CC(C(N)=O)(C4)C3)ccc1-c1ccccc1Cl. The molecular weight excluding hydrogens is 386 g/mol. The van der Waals surface area contributed by atoms with Crippen LogP contribution in [0.25, 0.3) is 11.3 Å². The van der Waals surface area contributed by atoms with E-state index >= 15 is 0 Å². The lowest BCUT2D eigenvalue weighted by molar-refractivity contribution is -0.145. The summed E-state index contributed by atoms with van der Waals surface area (Å²) in [7, 11) is 1.90. The van der Waals surface area contributed by atoms with Crippen LogP contribution in [0.1, 0.15) is 42.6 Å². The number of aromatic nitrogens is 1. The zero-order valence-corrected chi connectivity index (χ0v) is 17.3. The molecule has 5 nitrogen and oxygen atoms in total. The summed E-state index contributed by atoms with van der Waals surface area (Å²) in [5.74, 6) is 1.07. The van der Waals surface area contributed by atoms with E-state index in [-0.39, 0.29) is 23.3 Å². The largest absolute Gasteiger partial charge is 0.369 e. The third-order valence-corrected chi connectivity index (χ3v) is 7.93. The minimum Gasteiger partial charge on any atom is -0.369 e. The molecule has 0 radical (unpaired) electrons. The van der Waals surface area contributed by atoms with Crippen molar-refractivity contribution in [1.82, 2.24) is 9.88 Å². The molecule has 2 aromatic rings. The molecule has 4 aliphatic rings. The average molecular weight is 412 g/mol. The van der Waals surface area contributed by atoms with E-state index in [0.717, 1.165) is 43.4 Å². The van der Waals surface area contributed by atoms with Gasteiger partial charge >= 0.3 is 0 Å². The molecular formula is C23H26ClN3O2. The molecule has 1 aromatic carbocycles. The van der Waals surface area contributed by atoms with Crippen molar-refractivity contribution >= 4 is 23.4 Å². The number of carbonyl (C=O) groups excluding carboxylic acids is 2. The molecule has 2 amide bonds. The Morgan fingerprint density at radius 3 is 2.45 bits per heavy atom. The van der Waals surface area contributed by atoms with Gasteiger partial charge in [0.05, 0.1) is 0 Å². The summed E-state index contributed by atoms with van der Waals surface area (Å²) in [4.78, 5) is 25.3. The van der Waals surface area contributed by atoms with Gasteiger partial charge in [-0.15, -0.1) is 0 Å². The van der Waals surface area contributed by atoms with Crippen LogP contribution in [0.5, 0.6) is 0 Å². The standard InChI is InChI=1S/C23H26ClN3O2/c1-27-18(16-4-2-3-5-17(16)24)6-7-19(27)21(28)26-20-14-8-13-9-15(20)12-23(10-13,11-14)22(25)29/h2-7,13-15,20H,8-12H2,1H3,(H2,25,29)(H,26,28). The smallest absolute Gasteiger partial charge is 0.268 e. The number of primary amides is 1. The highest BCUT2D eigenvalue weighted by Crippen LogP contribution is 2.59. The van der Waals surface area contributed by atoms with Gasteiger partial charge in [-0.05, 0) is 68.1 Å².